The number of carboxylic acids is 1. The molecular formula is C26H27NO7. The molecule has 178 valence electrons. The minimum atomic E-state index is -0.891. The first kappa shape index (κ1) is 23.5. The van der Waals surface area contributed by atoms with Gasteiger partial charge in [-0.3, -0.25) is 9.59 Å². The molecule has 1 N–H and O–H groups in total. The second-order valence-corrected chi connectivity index (χ2v) is 8.04. The Morgan fingerprint density at radius 1 is 1.15 bits per heavy atom. The van der Waals surface area contributed by atoms with E-state index in [4.69, 9.17) is 24.1 Å². The first-order valence-electron chi connectivity index (χ1n) is 11.2. The lowest BCUT2D eigenvalue weighted by Crippen LogP contribution is -2.40. The van der Waals surface area contributed by atoms with E-state index in [1.807, 2.05) is 12.1 Å². The van der Waals surface area contributed by atoms with Crippen LogP contribution in [0.4, 0.5) is 0 Å². The summed E-state index contributed by atoms with van der Waals surface area (Å²) in [5.74, 6) is 6.16. The van der Waals surface area contributed by atoms with Crippen molar-refractivity contribution in [1.82, 2.24) is 4.90 Å². The minimum Gasteiger partial charge on any atom is -0.490 e. The van der Waals surface area contributed by atoms with E-state index in [2.05, 4.69) is 11.8 Å². The lowest BCUT2D eigenvalue weighted by atomic mass is 9.96. The Morgan fingerprint density at radius 3 is 2.62 bits per heavy atom. The average Bonchev–Trinajstić information content (AvgIpc) is 2.87. The van der Waals surface area contributed by atoms with Gasteiger partial charge in [0.05, 0.1) is 25.6 Å². The van der Waals surface area contributed by atoms with Gasteiger partial charge in [-0.15, -0.1) is 5.92 Å². The zero-order valence-electron chi connectivity index (χ0n) is 19.0. The van der Waals surface area contributed by atoms with Crippen molar-refractivity contribution in [1.29, 1.82) is 0 Å². The Labute approximate surface area is 198 Å². The van der Waals surface area contributed by atoms with Gasteiger partial charge in [-0.25, -0.2) is 0 Å². The molecule has 2 aliphatic heterocycles. The van der Waals surface area contributed by atoms with Crippen LogP contribution in [0.1, 0.15) is 35.2 Å². The molecule has 34 heavy (non-hydrogen) atoms. The molecule has 0 radical (unpaired) electrons. The fourth-order valence-electron chi connectivity index (χ4n) is 3.87. The van der Waals surface area contributed by atoms with Gasteiger partial charge in [0.15, 0.2) is 17.6 Å². The number of hydrogen-bond donors (Lipinski definition) is 1. The molecule has 2 heterocycles. The molecule has 4 rings (SSSR count). The van der Waals surface area contributed by atoms with Crippen molar-refractivity contribution in [2.24, 2.45) is 0 Å². The summed E-state index contributed by atoms with van der Waals surface area (Å²) in [6, 6.07) is 12.4. The Morgan fingerprint density at radius 2 is 1.91 bits per heavy atom. The molecule has 2 aliphatic rings. The monoisotopic (exact) mass is 465 g/mol. The third kappa shape index (κ3) is 5.80. The van der Waals surface area contributed by atoms with Gasteiger partial charge >= 0.3 is 5.97 Å². The highest BCUT2D eigenvalue weighted by Crippen LogP contribution is 2.33. The van der Waals surface area contributed by atoms with Crippen LogP contribution in [0.2, 0.25) is 0 Å². The van der Waals surface area contributed by atoms with Gasteiger partial charge in [0, 0.05) is 18.7 Å². The van der Waals surface area contributed by atoms with Crippen molar-refractivity contribution in [2.45, 2.75) is 25.4 Å². The number of carboxylic acid groups (broad SMARTS) is 1. The summed E-state index contributed by atoms with van der Waals surface area (Å²) >= 11 is 0. The molecule has 2 aromatic rings. The van der Waals surface area contributed by atoms with Crippen LogP contribution in [0.25, 0.3) is 0 Å². The molecule has 0 aromatic heterocycles. The minimum absolute atomic E-state index is 0.0519. The lowest BCUT2D eigenvalue weighted by molar-refractivity contribution is -0.137. The van der Waals surface area contributed by atoms with Crippen LogP contribution in [0.5, 0.6) is 17.2 Å². The standard InChI is InChI=1S/C26H27NO7/c1-2-3-19(15-25(28)29)18-4-7-21(8-5-18)32-16-22-17-33-23-9-6-20(14-24(23)34-22)26(30)27-10-12-31-13-11-27/h4-9,14,19,22H,10-13,15-17H2,1H3,(H,28,29)/t19-,22-/m0/s1. The van der Waals surface area contributed by atoms with Crippen LogP contribution in [0.3, 0.4) is 0 Å². The van der Waals surface area contributed by atoms with Crippen molar-refractivity contribution >= 4 is 11.9 Å². The van der Waals surface area contributed by atoms with Crippen LogP contribution < -0.4 is 14.2 Å². The molecule has 8 heteroatoms. The Balaban J connectivity index is 1.35. The fourth-order valence-corrected chi connectivity index (χ4v) is 3.87. The van der Waals surface area contributed by atoms with Crippen molar-refractivity contribution in [3.8, 4) is 29.1 Å². The molecule has 0 bridgehead atoms. The summed E-state index contributed by atoms with van der Waals surface area (Å²) < 4.78 is 23.0. The smallest absolute Gasteiger partial charge is 0.304 e. The number of nitrogens with zero attached hydrogens (tertiary/aromatic N) is 1. The van der Waals surface area contributed by atoms with Crippen LogP contribution in [-0.2, 0) is 9.53 Å². The van der Waals surface area contributed by atoms with E-state index in [9.17, 15) is 9.59 Å². The maximum absolute atomic E-state index is 12.8. The molecule has 1 saturated heterocycles. The number of ether oxygens (including phenoxy) is 4. The number of fused-ring (bicyclic) bond motifs is 1. The molecular weight excluding hydrogens is 438 g/mol. The van der Waals surface area contributed by atoms with E-state index < -0.39 is 5.97 Å². The van der Waals surface area contributed by atoms with Crippen LogP contribution >= 0.6 is 0 Å². The third-order valence-corrected chi connectivity index (χ3v) is 5.62. The van der Waals surface area contributed by atoms with Gasteiger partial charge in [-0.1, -0.05) is 18.1 Å². The maximum atomic E-state index is 12.8. The number of aliphatic carboxylic acids is 1. The number of amides is 1. The Hall–Kier alpha value is -3.70. The van der Waals surface area contributed by atoms with Crippen LogP contribution in [-0.4, -0.2) is 67.5 Å². The fraction of sp³-hybridized carbons (Fsp3) is 0.385. The van der Waals surface area contributed by atoms with Gasteiger partial charge in [0.1, 0.15) is 19.0 Å². The number of carbonyl (C=O) groups is 2. The topological polar surface area (TPSA) is 94.5 Å². The van der Waals surface area contributed by atoms with Gasteiger partial charge < -0.3 is 29.0 Å². The van der Waals surface area contributed by atoms with E-state index in [0.29, 0.717) is 55.7 Å². The predicted octanol–water partition coefficient (Wildman–Crippen LogP) is 2.96. The number of morpholine rings is 1. The van der Waals surface area contributed by atoms with E-state index >= 15 is 0 Å². The molecule has 2 atom stereocenters. The van der Waals surface area contributed by atoms with Crippen molar-refractivity contribution < 1.29 is 33.6 Å². The van der Waals surface area contributed by atoms with Gasteiger partial charge in [-0.2, -0.15) is 0 Å². The second kappa shape index (κ2) is 10.9. The number of benzene rings is 2. The second-order valence-electron chi connectivity index (χ2n) is 8.04. The largest absolute Gasteiger partial charge is 0.490 e. The highest BCUT2D eigenvalue weighted by Gasteiger charge is 2.25. The molecule has 0 spiro atoms. The molecule has 1 fully saturated rings. The summed E-state index contributed by atoms with van der Waals surface area (Å²) in [6.45, 7) is 4.52. The molecule has 8 nitrogen and oxygen atoms in total. The summed E-state index contributed by atoms with van der Waals surface area (Å²) in [4.78, 5) is 25.6. The van der Waals surface area contributed by atoms with Crippen molar-refractivity contribution in [3.05, 3.63) is 53.6 Å². The Bertz CT molecular complexity index is 1080. The maximum Gasteiger partial charge on any atom is 0.304 e. The predicted molar refractivity (Wildman–Crippen MR) is 123 cm³/mol. The van der Waals surface area contributed by atoms with Crippen LogP contribution in [0, 0.1) is 11.8 Å². The van der Waals surface area contributed by atoms with E-state index in [1.165, 1.54) is 0 Å². The van der Waals surface area contributed by atoms with E-state index in [-0.39, 0.29) is 31.0 Å². The first-order chi connectivity index (χ1) is 16.5. The molecule has 1 amide bonds. The Kier molecular flexibility index (Phi) is 7.55. The summed E-state index contributed by atoms with van der Waals surface area (Å²) in [5.41, 5.74) is 1.38. The van der Waals surface area contributed by atoms with Crippen molar-refractivity contribution in [3.63, 3.8) is 0 Å². The molecule has 2 aromatic carbocycles. The molecule has 0 aliphatic carbocycles. The van der Waals surface area contributed by atoms with E-state index in [1.54, 1.807) is 42.2 Å². The zero-order valence-corrected chi connectivity index (χ0v) is 19.0. The zero-order chi connectivity index (χ0) is 23.9. The van der Waals surface area contributed by atoms with Gasteiger partial charge in [-0.05, 0) is 42.8 Å². The first-order valence-corrected chi connectivity index (χ1v) is 11.2. The molecule has 0 unspecified atom stereocenters. The highest BCUT2D eigenvalue weighted by molar-refractivity contribution is 5.95. The van der Waals surface area contributed by atoms with Crippen LogP contribution in [0.15, 0.2) is 42.5 Å². The summed E-state index contributed by atoms with van der Waals surface area (Å²) in [6.07, 6.45) is -0.393. The quantitative estimate of drug-likeness (QED) is 0.629. The van der Waals surface area contributed by atoms with Crippen molar-refractivity contribution in [2.75, 3.05) is 39.5 Å². The lowest BCUT2D eigenvalue weighted by Gasteiger charge is -2.29. The third-order valence-electron chi connectivity index (χ3n) is 5.62. The van der Waals surface area contributed by atoms with Gasteiger partial charge in [0.2, 0.25) is 0 Å². The number of rotatable bonds is 7. The summed E-state index contributed by atoms with van der Waals surface area (Å²) in [5, 5.41) is 9.09. The summed E-state index contributed by atoms with van der Waals surface area (Å²) in [7, 11) is 0. The molecule has 0 saturated carbocycles. The van der Waals surface area contributed by atoms with Gasteiger partial charge in [0.25, 0.3) is 5.91 Å². The highest BCUT2D eigenvalue weighted by atomic mass is 16.6. The SMILES string of the molecule is CC#C[C@@H](CC(=O)O)c1ccc(OC[C@H]2COc3ccc(C(=O)N4CCOCC4)cc3O2)cc1. The number of carbonyl (C=O) groups excluding carboxylic acids is 1. The van der Waals surface area contributed by atoms with E-state index in [0.717, 1.165) is 5.56 Å². The normalized spacial score (nSPS) is 17.8. The average molecular weight is 466 g/mol. The number of hydrogen-bond acceptors (Lipinski definition) is 6.